The van der Waals surface area contributed by atoms with Gasteiger partial charge in [0.15, 0.2) is 9.84 Å². The Bertz CT molecular complexity index is 358. The van der Waals surface area contributed by atoms with E-state index in [0.717, 1.165) is 24.4 Å². The van der Waals surface area contributed by atoms with Crippen LogP contribution < -0.4 is 0 Å². The quantitative estimate of drug-likeness (QED) is 0.494. The van der Waals surface area contributed by atoms with Gasteiger partial charge in [0.25, 0.3) is 0 Å². The minimum atomic E-state index is -3.19. The summed E-state index contributed by atoms with van der Waals surface area (Å²) in [7, 11) is -6.37. The summed E-state index contributed by atoms with van der Waals surface area (Å²) in [5, 5.41) is 0.871. The molecular weight excluding hydrogens is 304 g/mol. The zero-order chi connectivity index (χ0) is 11.9. The Morgan fingerprint density at radius 1 is 0.867 bits per heavy atom. The van der Waals surface area contributed by atoms with Crippen molar-refractivity contribution in [2.75, 3.05) is 28.8 Å². The number of sulfone groups is 2. The highest BCUT2D eigenvalue weighted by Crippen LogP contribution is 2.03. The molecule has 0 aromatic carbocycles. The van der Waals surface area contributed by atoms with Crippen LogP contribution >= 0.6 is 15.9 Å². The van der Waals surface area contributed by atoms with Crippen LogP contribution in [0.15, 0.2) is 0 Å². The number of unbranched alkanes of at least 4 members (excludes halogenated alkanes) is 2. The highest BCUT2D eigenvalue weighted by atomic mass is 79.9. The van der Waals surface area contributed by atoms with Crippen molar-refractivity contribution < 1.29 is 16.8 Å². The Kier molecular flexibility index (Phi) is 7.03. The molecule has 0 aliphatic rings. The summed E-state index contributed by atoms with van der Waals surface area (Å²) < 4.78 is 44.3. The molecule has 0 saturated carbocycles. The van der Waals surface area contributed by atoms with Crippen molar-refractivity contribution >= 4 is 35.6 Å². The van der Waals surface area contributed by atoms with Crippen LogP contribution in [0.1, 0.15) is 19.3 Å². The lowest BCUT2D eigenvalue weighted by Crippen LogP contribution is -2.18. The minimum Gasteiger partial charge on any atom is -0.229 e. The first-order valence-electron chi connectivity index (χ1n) is 4.71. The van der Waals surface area contributed by atoms with Gasteiger partial charge >= 0.3 is 0 Å². The van der Waals surface area contributed by atoms with Crippen molar-refractivity contribution in [3.05, 3.63) is 0 Å². The average Bonchev–Trinajstić information content (AvgIpc) is 2.09. The zero-order valence-electron chi connectivity index (χ0n) is 8.78. The second-order valence-electron chi connectivity index (χ2n) is 3.53. The predicted octanol–water partition coefficient (Wildman–Crippen LogP) is 1.01. The van der Waals surface area contributed by atoms with Crippen LogP contribution in [0, 0.1) is 0 Å². The van der Waals surface area contributed by atoms with Crippen LogP contribution in [-0.4, -0.2) is 45.7 Å². The van der Waals surface area contributed by atoms with Gasteiger partial charge in [-0.05, 0) is 12.8 Å². The van der Waals surface area contributed by atoms with Crippen LogP contribution in [0.2, 0.25) is 0 Å². The first-order valence-corrected chi connectivity index (χ1v) is 9.71. The molecule has 0 N–H and O–H groups in total. The van der Waals surface area contributed by atoms with Crippen molar-refractivity contribution in [3.63, 3.8) is 0 Å². The molecule has 0 aromatic heterocycles. The van der Waals surface area contributed by atoms with Crippen molar-refractivity contribution in [1.82, 2.24) is 0 Å². The van der Waals surface area contributed by atoms with Crippen LogP contribution in [0.5, 0.6) is 0 Å². The largest absolute Gasteiger partial charge is 0.229 e. The van der Waals surface area contributed by atoms with E-state index in [1.165, 1.54) is 0 Å². The molecule has 0 radical (unpaired) electrons. The van der Waals surface area contributed by atoms with Crippen molar-refractivity contribution in [2.45, 2.75) is 19.3 Å². The number of hydrogen-bond acceptors (Lipinski definition) is 4. The normalized spacial score (nSPS) is 12.9. The lowest BCUT2D eigenvalue weighted by Gasteiger charge is -2.02. The Morgan fingerprint density at radius 2 is 1.47 bits per heavy atom. The molecule has 0 aliphatic heterocycles. The van der Waals surface area contributed by atoms with E-state index < -0.39 is 19.7 Å². The molecule has 0 bridgehead atoms. The number of hydrogen-bond donors (Lipinski definition) is 0. The maximum absolute atomic E-state index is 11.4. The third-order valence-corrected chi connectivity index (χ3v) is 5.36. The molecule has 15 heavy (non-hydrogen) atoms. The van der Waals surface area contributed by atoms with E-state index in [4.69, 9.17) is 0 Å². The third kappa shape index (κ3) is 10.7. The smallest absolute Gasteiger partial charge is 0.151 e. The molecule has 92 valence electrons. The summed E-state index contributed by atoms with van der Waals surface area (Å²) in [6, 6.07) is 0. The van der Waals surface area contributed by atoms with Crippen LogP contribution in [0.4, 0.5) is 0 Å². The fourth-order valence-corrected chi connectivity index (χ4v) is 4.44. The fourth-order valence-electron chi connectivity index (χ4n) is 0.974. The Labute approximate surface area is 100 Å². The predicted molar refractivity (Wildman–Crippen MR) is 66.0 cm³/mol. The first kappa shape index (κ1) is 15.4. The van der Waals surface area contributed by atoms with Gasteiger partial charge in [0.1, 0.15) is 9.84 Å². The summed E-state index contributed by atoms with van der Waals surface area (Å²) in [4.78, 5) is 0. The number of halogens is 1. The Hall–Kier alpha value is 0.380. The van der Waals surface area contributed by atoms with Gasteiger partial charge < -0.3 is 0 Å². The van der Waals surface area contributed by atoms with Gasteiger partial charge in [0, 0.05) is 11.6 Å². The van der Waals surface area contributed by atoms with Gasteiger partial charge in [-0.15, -0.1) is 0 Å². The highest BCUT2D eigenvalue weighted by molar-refractivity contribution is 9.09. The highest BCUT2D eigenvalue weighted by Gasteiger charge is 2.13. The van der Waals surface area contributed by atoms with E-state index in [1.54, 1.807) is 0 Å². The van der Waals surface area contributed by atoms with Gasteiger partial charge in [-0.25, -0.2) is 16.8 Å². The zero-order valence-corrected chi connectivity index (χ0v) is 12.0. The molecule has 0 atom stereocenters. The Balaban J connectivity index is 3.88. The maximum atomic E-state index is 11.4. The molecule has 0 amide bonds. The van der Waals surface area contributed by atoms with E-state index in [0.29, 0.717) is 6.42 Å². The van der Waals surface area contributed by atoms with Crippen LogP contribution in [-0.2, 0) is 19.7 Å². The van der Waals surface area contributed by atoms with Gasteiger partial charge in [0.05, 0.1) is 17.3 Å². The van der Waals surface area contributed by atoms with E-state index in [-0.39, 0.29) is 17.3 Å². The van der Waals surface area contributed by atoms with E-state index in [2.05, 4.69) is 15.9 Å². The van der Waals surface area contributed by atoms with Crippen molar-refractivity contribution in [3.8, 4) is 0 Å². The maximum Gasteiger partial charge on any atom is 0.151 e. The first-order chi connectivity index (χ1) is 6.77. The van der Waals surface area contributed by atoms with Crippen LogP contribution in [0.25, 0.3) is 0 Å². The standard InChI is InChI=1S/C8H17BrO4S2/c1-14(10,11)7-8-15(12,13)6-4-2-3-5-9/h2-8H2,1H3. The molecule has 7 heteroatoms. The van der Waals surface area contributed by atoms with Crippen molar-refractivity contribution in [1.29, 1.82) is 0 Å². The third-order valence-electron chi connectivity index (χ3n) is 1.85. The summed E-state index contributed by atoms with van der Waals surface area (Å²) in [5.41, 5.74) is 0. The van der Waals surface area contributed by atoms with E-state index >= 15 is 0 Å². The molecule has 0 unspecified atom stereocenters. The summed E-state index contributed by atoms with van der Waals surface area (Å²) in [5.74, 6) is -0.427. The topological polar surface area (TPSA) is 68.3 Å². The van der Waals surface area contributed by atoms with Gasteiger partial charge in [-0.2, -0.15) is 0 Å². The number of alkyl halides is 1. The molecular formula is C8H17BrO4S2. The lowest BCUT2D eigenvalue weighted by molar-refractivity contribution is 0.587. The van der Waals surface area contributed by atoms with E-state index in [9.17, 15) is 16.8 Å². The lowest BCUT2D eigenvalue weighted by atomic mass is 10.3. The second-order valence-corrected chi connectivity index (χ2v) is 8.89. The van der Waals surface area contributed by atoms with Crippen LogP contribution in [0.3, 0.4) is 0 Å². The average molecular weight is 321 g/mol. The molecule has 0 fully saturated rings. The van der Waals surface area contributed by atoms with Gasteiger partial charge in [-0.1, -0.05) is 22.4 Å². The number of rotatable bonds is 8. The monoisotopic (exact) mass is 320 g/mol. The molecule has 4 nitrogen and oxygen atoms in total. The van der Waals surface area contributed by atoms with Gasteiger partial charge in [-0.3, -0.25) is 0 Å². The molecule has 0 aliphatic carbocycles. The fraction of sp³-hybridized carbons (Fsp3) is 1.00. The molecule has 0 rings (SSSR count). The Morgan fingerprint density at radius 3 is 1.93 bits per heavy atom. The van der Waals surface area contributed by atoms with Crippen molar-refractivity contribution in [2.24, 2.45) is 0 Å². The summed E-state index contributed by atoms with van der Waals surface area (Å²) >= 11 is 3.26. The van der Waals surface area contributed by atoms with E-state index in [1.807, 2.05) is 0 Å². The van der Waals surface area contributed by atoms with Gasteiger partial charge in [0.2, 0.25) is 0 Å². The summed E-state index contributed by atoms with van der Waals surface area (Å²) in [6.07, 6.45) is 3.45. The summed E-state index contributed by atoms with van der Waals surface area (Å²) in [6.45, 7) is 0. The molecule has 0 spiro atoms. The molecule has 0 aromatic rings. The second kappa shape index (κ2) is 6.85. The SMILES string of the molecule is CS(=O)(=O)CCS(=O)(=O)CCCCCBr. The molecule has 0 heterocycles. The minimum absolute atomic E-state index is 0.0928. The molecule has 0 saturated heterocycles.